The summed E-state index contributed by atoms with van der Waals surface area (Å²) in [6, 6.07) is 5.59. The number of hydrogen-bond acceptors (Lipinski definition) is 5. The van der Waals surface area contributed by atoms with Gasteiger partial charge in [0.15, 0.2) is 11.5 Å². The molecule has 6 heteroatoms. The van der Waals surface area contributed by atoms with Gasteiger partial charge in [-0.25, -0.2) is 9.78 Å². The van der Waals surface area contributed by atoms with Crippen LogP contribution in [0.15, 0.2) is 30.5 Å². The van der Waals surface area contributed by atoms with E-state index in [2.05, 4.69) is 4.98 Å². The Bertz CT molecular complexity index is 663. The molecule has 0 atom stereocenters. The molecule has 0 aliphatic heterocycles. The number of aromatic nitrogens is 1. The number of nitrogens with zero attached hydrogens (tertiary/aromatic N) is 1. The number of ether oxygens (including phenoxy) is 2. The third kappa shape index (κ3) is 3.82. The van der Waals surface area contributed by atoms with Crippen LogP contribution in [0.1, 0.15) is 11.8 Å². The van der Waals surface area contributed by atoms with E-state index in [1.807, 2.05) is 25.1 Å². The van der Waals surface area contributed by atoms with Gasteiger partial charge in [-0.15, -0.1) is 11.3 Å². The van der Waals surface area contributed by atoms with Crippen molar-refractivity contribution in [1.82, 2.24) is 4.98 Å². The van der Waals surface area contributed by atoms with Gasteiger partial charge >= 0.3 is 5.97 Å². The SMILES string of the molecule is CCOc1ccc(-c2ncc(/C=C/C(=O)O)s2)cc1OC. The second kappa shape index (κ2) is 6.90. The van der Waals surface area contributed by atoms with Crippen molar-refractivity contribution < 1.29 is 19.4 Å². The number of rotatable bonds is 6. The van der Waals surface area contributed by atoms with Crippen molar-refractivity contribution in [3.63, 3.8) is 0 Å². The Morgan fingerprint density at radius 2 is 2.24 bits per heavy atom. The molecular formula is C15H15NO4S. The van der Waals surface area contributed by atoms with E-state index in [4.69, 9.17) is 14.6 Å². The fraction of sp³-hybridized carbons (Fsp3) is 0.200. The Morgan fingerprint density at radius 3 is 2.90 bits per heavy atom. The van der Waals surface area contributed by atoms with Gasteiger partial charge in [-0.05, 0) is 31.2 Å². The molecular weight excluding hydrogens is 290 g/mol. The summed E-state index contributed by atoms with van der Waals surface area (Å²) >= 11 is 1.41. The fourth-order valence-corrected chi connectivity index (χ4v) is 2.54. The summed E-state index contributed by atoms with van der Waals surface area (Å²) in [6.07, 6.45) is 4.26. The average molecular weight is 305 g/mol. The van der Waals surface area contributed by atoms with Crippen molar-refractivity contribution in [3.8, 4) is 22.1 Å². The predicted molar refractivity (Wildman–Crippen MR) is 81.9 cm³/mol. The van der Waals surface area contributed by atoms with E-state index < -0.39 is 5.97 Å². The van der Waals surface area contributed by atoms with E-state index in [9.17, 15) is 4.79 Å². The van der Waals surface area contributed by atoms with Gasteiger partial charge in [0.1, 0.15) is 5.01 Å². The van der Waals surface area contributed by atoms with Crippen molar-refractivity contribution in [1.29, 1.82) is 0 Å². The Hall–Kier alpha value is -2.34. The lowest BCUT2D eigenvalue weighted by molar-refractivity contribution is -0.131. The maximum absolute atomic E-state index is 10.5. The quantitative estimate of drug-likeness (QED) is 0.829. The predicted octanol–water partition coefficient (Wildman–Crippen LogP) is 3.32. The van der Waals surface area contributed by atoms with Crippen LogP contribution >= 0.6 is 11.3 Å². The van der Waals surface area contributed by atoms with Gasteiger partial charge in [0, 0.05) is 22.7 Å². The summed E-state index contributed by atoms with van der Waals surface area (Å²) in [5.74, 6) is 0.353. The fourth-order valence-electron chi connectivity index (χ4n) is 1.73. The molecule has 0 saturated carbocycles. The molecule has 0 bridgehead atoms. The lowest BCUT2D eigenvalue weighted by Crippen LogP contribution is -1.95. The first-order chi connectivity index (χ1) is 10.1. The second-order valence-corrected chi connectivity index (χ2v) is 5.10. The van der Waals surface area contributed by atoms with Crippen LogP contribution in [-0.4, -0.2) is 29.8 Å². The number of hydrogen-bond donors (Lipinski definition) is 1. The standard InChI is InChI=1S/C15H15NO4S/c1-3-20-12-6-4-10(8-13(12)19-2)15-16-9-11(21-15)5-7-14(17)18/h4-9H,3H2,1-2H3,(H,17,18)/b7-5+. The monoisotopic (exact) mass is 305 g/mol. The van der Waals surface area contributed by atoms with Crippen molar-refractivity contribution in [2.75, 3.05) is 13.7 Å². The summed E-state index contributed by atoms with van der Waals surface area (Å²) in [4.78, 5) is 15.6. The molecule has 0 aliphatic carbocycles. The maximum Gasteiger partial charge on any atom is 0.328 e. The molecule has 2 aromatic rings. The number of carbonyl (C=O) groups is 1. The minimum Gasteiger partial charge on any atom is -0.493 e. The largest absolute Gasteiger partial charge is 0.493 e. The zero-order chi connectivity index (χ0) is 15.2. The van der Waals surface area contributed by atoms with Crippen LogP contribution in [0.5, 0.6) is 11.5 Å². The number of benzene rings is 1. The summed E-state index contributed by atoms with van der Waals surface area (Å²) in [7, 11) is 1.59. The van der Waals surface area contributed by atoms with Crippen molar-refractivity contribution in [2.45, 2.75) is 6.92 Å². The number of thiazole rings is 1. The molecule has 21 heavy (non-hydrogen) atoms. The molecule has 1 heterocycles. The van der Waals surface area contributed by atoms with Gasteiger partial charge in [0.2, 0.25) is 0 Å². The Kier molecular flexibility index (Phi) is 4.94. The Balaban J connectivity index is 2.28. The molecule has 0 amide bonds. The van der Waals surface area contributed by atoms with Crippen LogP contribution in [-0.2, 0) is 4.79 Å². The van der Waals surface area contributed by atoms with Crippen LogP contribution in [0.4, 0.5) is 0 Å². The van der Waals surface area contributed by atoms with Crippen LogP contribution in [0, 0.1) is 0 Å². The molecule has 0 aliphatic rings. The average Bonchev–Trinajstić information content (AvgIpc) is 2.94. The number of aliphatic carboxylic acids is 1. The summed E-state index contributed by atoms with van der Waals surface area (Å²) < 4.78 is 10.8. The number of carboxylic acid groups (broad SMARTS) is 1. The molecule has 0 saturated heterocycles. The van der Waals surface area contributed by atoms with E-state index in [1.165, 1.54) is 17.4 Å². The van der Waals surface area contributed by atoms with E-state index >= 15 is 0 Å². The van der Waals surface area contributed by atoms with Gasteiger partial charge < -0.3 is 14.6 Å². The Morgan fingerprint density at radius 1 is 1.43 bits per heavy atom. The summed E-state index contributed by atoms with van der Waals surface area (Å²) in [5.41, 5.74) is 0.898. The van der Waals surface area contributed by atoms with E-state index in [1.54, 1.807) is 13.3 Å². The van der Waals surface area contributed by atoms with Gasteiger partial charge in [0.05, 0.1) is 13.7 Å². The van der Waals surface area contributed by atoms with Crippen LogP contribution in [0.25, 0.3) is 16.6 Å². The summed E-state index contributed by atoms with van der Waals surface area (Å²) in [6.45, 7) is 2.48. The van der Waals surface area contributed by atoms with E-state index in [-0.39, 0.29) is 0 Å². The molecule has 1 aromatic carbocycles. The van der Waals surface area contributed by atoms with Crippen LogP contribution < -0.4 is 9.47 Å². The minimum atomic E-state index is -0.979. The zero-order valence-corrected chi connectivity index (χ0v) is 12.5. The van der Waals surface area contributed by atoms with Gasteiger partial charge in [-0.2, -0.15) is 0 Å². The second-order valence-electron chi connectivity index (χ2n) is 4.04. The lowest BCUT2D eigenvalue weighted by Gasteiger charge is -2.09. The smallest absolute Gasteiger partial charge is 0.328 e. The van der Waals surface area contributed by atoms with Gasteiger partial charge in [-0.3, -0.25) is 0 Å². The maximum atomic E-state index is 10.5. The first-order valence-corrected chi connectivity index (χ1v) is 7.13. The molecule has 0 fully saturated rings. The van der Waals surface area contributed by atoms with Crippen LogP contribution in [0.3, 0.4) is 0 Å². The molecule has 2 rings (SSSR count). The highest BCUT2D eigenvalue weighted by Crippen LogP contribution is 2.34. The molecule has 0 spiro atoms. The highest BCUT2D eigenvalue weighted by molar-refractivity contribution is 7.15. The summed E-state index contributed by atoms with van der Waals surface area (Å²) in [5, 5.41) is 9.41. The molecule has 5 nitrogen and oxygen atoms in total. The minimum absolute atomic E-state index is 0.567. The van der Waals surface area contributed by atoms with E-state index in [0.29, 0.717) is 18.1 Å². The number of methoxy groups -OCH3 is 1. The Labute approximate surface area is 126 Å². The first kappa shape index (κ1) is 15.1. The molecule has 0 unspecified atom stereocenters. The molecule has 1 N–H and O–H groups in total. The van der Waals surface area contributed by atoms with Crippen molar-refractivity contribution in [3.05, 3.63) is 35.3 Å². The number of carboxylic acids is 1. The third-order valence-electron chi connectivity index (χ3n) is 2.62. The molecule has 110 valence electrons. The lowest BCUT2D eigenvalue weighted by atomic mass is 10.2. The normalized spacial score (nSPS) is 10.8. The highest BCUT2D eigenvalue weighted by Gasteiger charge is 2.09. The van der Waals surface area contributed by atoms with Crippen molar-refractivity contribution >= 4 is 23.4 Å². The topological polar surface area (TPSA) is 68.7 Å². The van der Waals surface area contributed by atoms with E-state index in [0.717, 1.165) is 21.5 Å². The zero-order valence-electron chi connectivity index (χ0n) is 11.7. The third-order valence-corrected chi connectivity index (χ3v) is 3.64. The molecule has 0 radical (unpaired) electrons. The van der Waals surface area contributed by atoms with Gasteiger partial charge in [-0.1, -0.05) is 0 Å². The van der Waals surface area contributed by atoms with Crippen molar-refractivity contribution in [2.24, 2.45) is 0 Å². The van der Waals surface area contributed by atoms with Crippen LogP contribution in [0.2, 0.25) is 0 Å². The molecule has 1 aromatic heterocycles. The van der Waals surface area contributed by atoms with Gasteiger partial charge in [0.25, 0.3) is 0 Å². The highest BCUT2D eigenvalue weighted by atomic mass is 32.1. The first-order valence-electron chi connectivity index (χ1n) is 6.32.